The number of carbonyl (C=O) groups is 2. The van der Waals surface area contributed by atoms with Gasteiger partial charge in [0.15, 0.2) is 5.82 Å². The molecule has 1 fully saturated rings. The van der Waals surface area contributed by atoms with Gasteiger partial charge in [-0.2, -0.15) is 5.21 Å². The number of H-pyrrole nitrogens is 1. The summed E-state index contributed by atoms with van der Waals surface area (Å²) in [4.78, 5) is 25.5. The maximum Gasteiger partial charge on any atom is 0.251 e. The molecule has 1 saturated carbocycles. The molecule has 1 aromatic heterocycles. The maximum atomic E-state index is 12.8. The third-order valence-electron chi connectivity index (χ3n) is 8.52. The number of amides is 2. The van der Waals surface area contributed by atoms with Crippen molar-refractivity contribution in [3.05, 3.63) is 75.6 Å². The van der Waals surface area contributed by atoms with Crippen LogP contribution in [0.1, 0.15) is 101 Å². The van der Waals surface area contributed by atoms with Crippen molar-refractivity contribution in [3.8, 4) is 0 Å². The fraction of sp³-hybridized carbons (Fsp3) is 0.500. The highest BCUT2D eigenvalue weighted by molar-refractivity contribution is 5.95. The van der Waals surface area contributed by atoms with Crippen LogP contribution in [0, 0.1) is 5.92 Å². The molecule has 206 valence electrons. The van der Waals surface area contributed by atoms with E-state index in [1.807, 2.05) is 38.1 Å². The highest BCUT2D eigenvalue weighted by Gasteiger charge is 2.46. The Kier molecular flexibility index (Phi) is 8.07. The van der Waals surface area contributed by atoms with E-state index in [9.17, 15) is 9.59 Å². The number of hydrogen-bond acceptors (Lipinski definition) is 6. The number of tetrazole rings is 1. The van der Waals surface area contributed by atoms with Crippen LogP contribution in [0.5, 0.6) is 0 Å². The summed E-state index contributed by atoms with van der Waals surface area (Å²) >= 11 is 0. The van der Waals surface area contributed by atoms with E-state index >= 15 is 0 Å². The molecule has 9 nitrogen and oxygen atoms in total. The number of nitrogens with zero attached hydrogens (tertiary/aromatic N) is 3. The van der Waals surface area contributed by atoms with Crippen molar-refractivity contribution < 1.29 is 9.59 Å². The number of carbonyl (C=O) groups excluding carboxylic acids is 2. The predicted octanol–water partition coefficient (Wildman–Crippen LogP) is 3.43. The van der Waals surface area contributed by atoms with Gasteiger partial charge in [0, 0.05) is 30.3 Å². The SMILES string of the molecule is CCNC(=O)c1ccc2c(c1)CCc1cc(C(=O)NCC)ccc1C2(C[C@@H](N)C1CCCCC1)c1nn[nH]n1. The first-order valence-corrected chi connectivity index (χ1v) is 14.3. The van der Waals surface area contributed by atoms with Crippen molar-refractivity contribution >= 4 is 11.8 Å². The summed E-state index contributed by atoms with van der Waals surface area (Å²) in [6.07, 6.45) is 7.94. The summed E-state index contributed by atoms with van der Waals surface area (Å²) in [5, 5.41) is 21.6. The van der Waals surface area contributed by atoms with Crippen LogP contribution in [-0.4, -0.2) is 51.6 Å². The predicted molar refractivity (Wildman–Crippen MR) is 150 cm³/mol. The van der Waals surface area contributed by atoms with Crippen LogP contribution >= 0.6 is 0 Å². The summed E-state index contributed by atoms with van der Waals surface area (Å²) in [5.41, 5.74) is 11.8. The van der Waals surface area contributed by atoms with E-state index in [4.69, 9.17) is 5.73 Å². The maximum absolute atomic E-state index is 12.8. The second-order valence-corrected chi connectivity index (χ2v) is 10.9. The van der Waals surface area contributed by atoms with Crippen molar-refractivity contribution in [2.24, 2.45) is 11.7 Å². The first kappa shape index (κ1) is 27.0. The highest BCUT2D eigenvalue weighted by atomic mass is 16.2. The number of nitrogens with one attached hydrogen (secondary N) is 3. The molecule has 2 aliphatic carbocycles. The minimum absolute atomic E-state index is 0.0752. The standard InChI is InChI=1S/C30H39N7O2/c1-3-32-27(38)22-12-14-24-20(16-22)10-11-21-17-23(28(39)33-4-2)13-15-25(21)30(24,29-34-36-37-35-29)18-26(31)19-8-6-5-7-9-19/h12-17,19,26H,3-11,18,31H2,1-2H3,(H,32,38)(H,33,39)(H,34,35,36,37)/t26-/m1/s1. The molecule has 5 rings (SSSR count). The number of aryl methyl sites for hydroxylation is 2. The van der Waals surface area contributed by atoms with Crippen molar-refractivity contribution in [2.45, 2.75) is 76.7 Å². The van der Waals surface area contributed by atoms with Gasteiger partial charge < -0.3 is 16.4 Å². The molecule has 0 spiro atoms. The van der Waals surface area contributed by atoms with Gasteiger partial charge in [0.1, 0.15) is 0 Å². The van der Waals surface area contributed by atoms with Crippen molar-refractivity contribution in [2.75, 3.05) is 13.1 Å². The number of hydrogen-bond donors (Lipinski definition) is 4. The molecule has 9 heteroatoms. The van der Waals surface area contributed by atoms with E-state index < -0.39 is 5.41 Å². The van der Waals surface area contributed by atoms with Crippen molar-refractivity contribution in [1.29, 1.82) is 0 Å². The third kappa shape index (κ3) is 5.20. The molecule has 5 N–H and O–H groups in total. The Bertz CT molecular complexity index is 1250. The first-order valence-electron chi connectivity index (χ1n) is 14.3. The largest absolute Gasteiger partial charge is 0.352 e. The summed E-state index contributed by atoms with van der Waals surface area (Å²) in [6, 6.07) is 11.8. The van der Waals surface area contributed by atoms with Gasteiger partial charge >= 0.3 is 0 Å². The van der Waals surface area contributed by atoms with Crippen molar-refractivity contribution in [1.82, 2.24) is 31.3 Å². The topological polar surface area (TPSA) is 139 Å². The molecular formula is C30H39N7O2. The molecule has 0 aliphatic heterocycles. The quantitative estimate of drug-likeness (QED) is 0.353. The molecule has 1 atom stereocenters. The monoisotopic (exact) mass is 529 g/mol. The van der Waals surface area contributed by atoms with Gasteiger partial charge in [-0.15, -0.1) is 10.2 Å². The Morgan fingerprint density at radius 1 is 0.949 bits per heavy atom. The highest BCUT2D eigenvalue weighted by Crippen LogP contribution is 2.48. The average Bonchev–Trinajstić information content (AvgIpc) is 3.47. The van der Waals surface area contributed by atoms with E-state index in [1.54, 1.807) is 0 Å². The summed E-state index contributed by atoms with van der Waals surface area (Å²) in [5.74, 6) is 0.797. The number of aromatic nitrogens is 4. The number of benzene rings is 2. The molecule has 0 unspecified atom stereocenters. The Labute approximate surface area is 229 Å². The molecule has 39 heavy (non-hydrogen) atoms. The summed E-state index contributed by atoms with van der Waals surface area (Å²) < 4.78 is 0. The Morgan fingerprint density at radius 2 is 1.51 bits per heavy atom. The van der Waals surface area contributed by atoms with Crippen molar-refractivity contribution in [3.63, 3.8) is 0 Å². The first-order chi connectivity index (χ1) is 19.0. The smallest absolute Gasteiger partial charge is 0.251 e. The molecule has 2 aliphatic rings. The van der Waals surface area contributed by atoms with Crippen LogP contribution < -0.4 is 16.4 Å². The lowest BCUT2D eigenvalue weighted by atomic mass is 9.65. The van der Waals surface area contributed by atoms with Gasteiger partial charge in [0.25, 0.3) is 11.8 Å². The van der Waals surface area contributed by atoms with Crippen LogP contribution in [0.2, 0.25) is 0 Å². The van der Waals surface area contributed by atoms with Gasteiger partial charge in [-0.05, 0) is 98.4 Å². The minimum atomic E-state index is -0.773. The Balaban J connectivity index is 1.71. The van der Waals surface area contributed by atoms with Crippen LogP contribution in [0.4, 0.5) is 0 Å². The molecular weight excluding hydrogens is 490 g/mol. The molecule has 0 saturated heterocycles. The fourth-order valence-corrected chi connectivity index (χ4v) is 6.63. The number of aromatic amines is 1. The number of nitrogens with two attached hydrogens (primary N) is 1. The van der Waals surface area contributed by atoms with E-state index in [-0.39, 0.29) is 17.9 Å². The van der Waals surface area contributed by atoms with Gasteiger partial charge in [-0.3, -0.25) is 9.59 Å². The fourth-order valence-electron chi connectivity index (χ4n) is 6.63. The lowest BCUT2D eigenvalue weighted by Crippen LogP contribution is -2.43. The zero-order valence-corrected chi connectivity index (χ0v) is 22.9. The molecule has 2 aromatic carbocycles. The third-order valence-corrected chi connectivity index (χ3v) is 8.52. The normalized spacial score (nSPS) is 17.4. The van der Waals surface area contributed by atoms with Gasteiger partial charge in [0.05, 0.1) is 5.41 Å². The lowest BCUT2D eigenvalue weighted by molar-refractivity contribution is 0.0947. The molecule has 0 radical (unpaired) electrons. The Morgan fingerprint density at radius 3 is 2.00 bits per heavy atom. The molecule has 1 heterocycles. The van der Waals surface area contributed by atoms with Crippen LogP contribution in [-0.2, 0) is 18.3 Å². The number of rotatable bonds is 8. The second-order valence-electron chi connectivity index (χ2n) is 10.9. The van der Waals surface area contributed by atoms with Crippen LogP contribution in [0.3, 0.4) is 0 Å². The molecule has 3 aromatic rings. The van der Waals surface area contributed by atoms with E-state index in [0.29, 0.717) is 55.2 Å². The van der Waals surface area contributed by atoms with Crippen LogP contribution in [0.15, 0.2) is 36.4 Å². The average molecular weight is 530 g/mol. The van der Waals surface area contributed by atoms with Crippen LogP contribution in [0.25, 0.3) is 0 Å². The van der Waals surface area contributed by atoms with Gasteiger partial charge in [-0.25, -0.2) is 0 Å². The second kappa shape index (κ2) is 11.7. The molecule has 2 amide bonds. The van der Waals surface area contributed by atoms with E-state index in [0.717, 1.165) is 35.1 Å². The molecule has 0 bridgehead atoms. The zero-order valence-electron chi connectivity index (χ0n) is 22.9. The minimum Gasteiger partial charge on any atom is -0.352 e. The Hall–Kier alpha value is -3.59. The van der Waals surface area contributed by atoms with E-state index in [2.05, 4.69) is 43.4 Å². The zero-order chi connectivity index (χ0) is 27.4. The van der Waals surface area contributed by atoms with Gasteiger partial charge in [0.2, 0.25) is 0 Å². The summed E-state index contributed by atoms with van der Waals surface area (Å²) in [7, 11) is 0. The number of fused-ring (bicyclic) bond motifs is 2. The summed E-state index contributed by atoms with van der Waals surface area (Å²) in [6.45, 7) is 4.95. The lowest BCUT2D eigenvalue weighted by Gasteiger charge is -2.39. The van der Waals surface area contributed by atoms with E-state index in [1.165, 1.54) is 19.3 Å². The van der Waals surface area contributed by atoms with Gasteiger partial charge in [-0.1, -0.05) is 36.6 Å².